The van der Waals surface area contributed by atoms with Gasteiger partial charge in [-0.2, -0.15) is 0 Å². The summed E-state index contributed by atoms with van der Waals surface area (Å²) < 4.78 is 5.30. The number of carboxylic acid groups (broad SMARTS) is 1. The zero-order valence-corrected chi connectivity index (χ0v) is 20.1. The number of nitrogens with one attached hydrogen (secondary N) is 2. The highest BCUT2D eigenvalue weighted by molar-refractivity contribution is 8.03. The van der Waals surface area contributed by atoms with E-state index in [1.165, 1.54) is 34.9 Å². The third kappa shape index (κ3) is 6.10. The Hall–Kier alpha value is -2.34. The molecule has 0 saturated carbocycles. The van der Waals surface area contributed by atoms with Gasteiger partial charge in [-0.3, -0.25) is 14.9 Å². The van der Waals surface area contributed by atoms with Crippen LogP contribution in [-0.2, 0) is 4.79 Å². The lowest BCUT2D eigenvalue weighted by molar-refractivity contribution is -0.138. The summed E-state index contributed by atoms with van der Waals surface area (Å²) in [4.78, 5) is 33.0. The first-order valence-corrected chi connectivity index (χ1v) is 11.8. The summed E-state index contributed by atoms with van der Waals surface area (Å²) in [6, 6.07) is 11.0. The number of thioether (sulfide) groups is 1. The molecule has 162 valence electrons. The van der Waals surface area contributed by atoms with E-state index in [2.05, 4.69) is 15.3 Å². The minimum Gasteiger partial charge on any atom is -0.497 e. The lowest BCUT2D eigenvalue weighted by Crippen LogP contribution is -2.26. The second-order valence-corrected chi connectivity index (χ2v) is 11.2. The van der Waals surface area contributed by atoms with E-state index in [1.54, 1.807) is 39.3 Å². The van der Waals surface area contributed by atoms with Crippen LogP contribution in [0, 0.1) is 4.64 Å². The number of methoxy groups -OCH3 is 1. The third-order valence-corrected chi connectivity index (χ3v) is 7.48. The first kappa shape index (κ1) is 23.3. The van der Waals surface area contributed by atoms with Gasteiger partial charge in [-0.15, -0.1) is 0 Å². The quantitative estimate of drug-likeness (QED) is 0.276. The van der Waals surface area contributed by atoms with Gasteiger partial charge in [0.2, 0.25) is 0 Å². The maximum absolute atomic E-state index is 12.9. The van der Waals surface area contributed by atoms with Crippen LogP contribution in [0.3, 0.4) is 0 Å². The van der Waals surface area contributed by atoms with Gasteiger partial charge in [-0.25, -0.2) is 4.98 Å². The van der Waals surface area contributed by atoms with Crippen molar-refractivity contribution < 1.29 is 19.4 Å². The van der Waals surface area contributed by atoms with Crippen LogP contribution in [-0.4, -0.2) is 38.8 Å². The third-order valence-electron chi connectivity index (χ3n) is 3.97. The van der Waals surface area contributed by atoms with Crippen molar-refractivity contribution in [3.63, 3.8) is 0 Å². The Labute approximate surface area is 196 Å². The number of rotatable bonds is 8. The van der Waals surface area contributed by atoms with Crippen molar-refractivity contribution in [2.45, 2.75) is 32.6 Å². The number of pyridine rings is 1. The topological polar surface area (TPSA) is 104 Å². The Morgan fingerprint density at radius 1 is 1.23 bits per heavy atom. The molecule has 3 N–H and O–H groups in total. The molecule has 31 heavy (non-hydrogen) atoms. The van der Waals surface area contributed by atoms with Gasteiger partial charge in [0.05, 0.1) is 17.5 Å². The average molecular weight is 494 g/mol. The lowest BCUT2D eigenvalue weighted by Gasteiger charge is -2.16. The zero-order valence-electron chi connectivity index (χ0n) is 16.8. The number of hydrogen-bond acceptors (Lipinski definition) is 8. The molecule has 0 aliphatic rings. The van der Waals surface area contributed by atoms with Crippen molar-refractivity contribution >= 4 is 64.1 Å². The highest BCUT2D eigenvalue weighted by atomic mass is 32.2. The maximum atomic E-state index is 12.9. The Balaban J connectivity index is 1.78. The van der Waals surface area contributed by atoms with E-state index in [-0.39, 0.29) is 5.91 Å². The lowest BCUT2D eigenvalue weighted by atomic mass is 10.2. The number of carbonyl (C=O) groups excluding carboxylic acids is 1. The molecule has 0 atom stereocenters. The van der Waals surface area contributed by atoms with Gasteiger partial charge in [-0.05, 0) is 50.2 Å². The first-order chi connectivity index (χ1) is 14.7. The SMILES string of the molecule is COc1ccc(Sc2ccc(=S)[nH]c2C(=O)Nc2ncc(SC(C)(C)C(=O)O)s2)cc1. The predicted octanol–water partition coefficient (Wildman–Crippen LogP) is 5.57. The van der Waals surface area contributed by atoms with Gasteiger partial charge in [-0.1, -0.05) is 47.1 Å². The molecule has 0 aliphatic heterocycles. The Morgan fingerprint density at radius 3 is 2.58 bits per heavy atom. The van der Waals surface area contributed by atoms with Crippen LogP contribution in [0.25, 0.3) is 0 Å². The fourth-order valence-corrected chi connectivity index (χ4v) is 5.65. The van der Waals surface area contributed by atoms with E-state index < -0.39 is 10.7 Å². The van der Waals surface area contributed by atoms with Gasteiger partial charge in [0, 0.05) is 9.79 Å². The number of aliphatic carboxylic acids is 1. The van der Waals surface area contributed by atoms with Crippen molar-refractivity contribution in [1.29, 1.82) is 0 Å². The van der Waals surface area contributed by atoms with E-state index in [4.69, 9.17) is 17.0 Å². The summed E-state index contributed by atoms with van der Waals surface area (Å²) >= 11 is 9.00. The molecule has 11 heteroatoms. The van der Waals surface area contributed by atoms with Gasteiger partial charge < -0.3 is 14.8 Å². The van der Waals surface area contributed by atoms with E-state index in [1.807, 2.05) is 24.3 Å². The highest BCUT2D eigenvalue weighted by Gasteiger charge is 2.29. The maximum Gasteiger partial charge on any atom is 0.319 e. The molecule has 0 aliphatic carbocycles. The Bertz CT molecular complexity index is 1160. The second kappa shape index (κ2) is 9.86. The van der Waals surface area contributed by atoms with Crippen LogP contribution in [0.1, 0.15) is 24.3 Å². The second-order valence-electron chi connectivity index (χ2n) is 6.70. The van der Waals surface area contributed by atoms with Gasteiger partial charge >= 0.3 is 5.97 Å². The number of H-pyrrole nitrogens is 1. The predicted molar refractivity (Wildman–Crippen MR) is 126 cm³/mol. The van der Waals surface area contributed by atoms with Crippen LogP contribution in [0.2, 0.25) is 0 Å². The van der Waals surface area contributed by atoms with Crippen LogP contribution < -0.4 is 10.1 Å². The van der Waals surface area contributed by atoms with Gasteiger partial charge in [0.25, 0.3) is 5.91 Å². The minimum absolute atomic E-state index is 0.323. The molecule has 1 amide bonds. The van der Waals surface area contributed by atoms with E-state index in [0.717, 1.165) is 10.6 Å². The van der Waals surface area contributed by atoms with E-state index in [0.29, 0.717) is 24.6 Å². The summed E-state index contributed by atoms with van der Waals surface area (Å²) in [7, 11) is 1.60. The molecular formula is C20H19N3O4S4. The smallest absolute Gasteiger partial charge is 0.319 e. The van der Waals surface area contributed by atoms with Crippen molar-refractivity contribution in [1.82, 2.24) is 9.97 Å². The molecule has 7 nitrogen and oxygen atoms in total. The summed E-state index contributed by atoms with van der Waals surface area (Å²) in [6.07, 6.45) is 1.55. The van der Waals surface area contributed by atoms with Crippen LogP contribution in [0.5, 0.6) is 5.75 Å². The van der Waals surface area contributed by atoms with Crippen molar-refractivity contribution in [2.75, 3.05) is 12.4 Å². The molecule has 0 saturated heterocycles. The molecule has 0 fully saturated rings. The monoisotopic (exact) mass is 493 g/mol. The van der Waals surface area contributed by atoms with Crippen molar-refractivity contribution in [3.8, 4) is 5.75 Å². The molecule has 3 rings (SSSR count). The van der Waals surface area contributed by atoms with Gasteiger partial charge in [0.1, 0.15) is 20.8 Å². The van der Waals surface area contributed by atoms with Crippen LogP contribution in [0.4, 0.5) is 5.13 Å². The number of nitrogens with zero attached hydrogens (tertiary/aromatic N) is 1. The zero-order chi connectivity index (χ0) is 22.6. The van der Waals surface area contributed by atoms with Crippen LogP contribution in [0.15, 0.2) is 56.6 Å². The Morgan fingerprint density at radius 2 is 1.94 bits per heavy atom. The van der Waals surface area contributed by atoms with Crippen molar-refractivity contribution in [2.24, 2.45) is 0 Å². The number of anilines is 1. The molecule has 1 aromatic carbocycles. The normalized spacial score (nSPS) is 11.2. The number of benzene rings is 1. The molecular weight excluding hydrogens is 475 g/mol. The molecule has 2 heterocycles. The fraction of sp³-hybridized carbons (Fsp3) is 0.200. The highest BCUT2D eigenvalue weighted by Crippen LogP contribution is 2.38. The van der Waals surface area contributed by atoms with Gasteiger partial charge in [0.15, 0.2) is 5.13 Å². The number of hydrogen-bond donors (Lipinski definition) is 3. The summed E-state index contributed by atoms with van der Waals surface area (Å²) in [5.41, 5.74) is 0.323. The van der Waals surface area contributed by atoms with E-state index >= 15 is 0 Å². The number of ether oxygens (including phenoxy) is 1. The first-order valence-electron chi connectivity index (χ1n) is 8.93. The average Bonchev–Trinajstić information content (AvgIpc) is 3.15. The largest absolute Gasteiger partial charge is 0.497 e. The van der Waals surface area contributed by atoms with Crippen molar-refractivity contribution in [3.05, 3.63) is 52.9 Å². The number of thiazole rings is 1. The number of amides is 1. The Kier molecular flexibility index (Phi) is 7.42. The summed E-state index contributed by atoms with van der Waals surface area (Å²) in [6.45, 7) is 3.23. The molecule has 3 aromatic rings. The summed E-state index contributed by atoms with van der Waals surface area (Å²) in [5.74, 6) is -0.557. The molecule has 0 bridgehead atoms. The van der Waals surface area contributed by atoms with Crippen LogP contribution >= 0.6 is 47.1 Å². The molecule has 0 spiro atoms. The molecule has 2 aromatic heterocycles. The standard InChI is InChI=1S/C20H19N3O4S4/c1-20(2,18(25)26)31-15-10-21-19(30-15)23-17(24)16-13(8-9-14(28)22-16)29-12-6-4-11(27-3)5-7-12/h4-10H,1-3H3,(H,22,28)(H,25,26)(H,21,23,24). The number of aromatic amines is 1. The minimum atomic E-state index is -1.000. The fourth-order valence-electron chi connectivity index (χ4n) is 2.30. The number of aromatic nitrogens is 2. The summed E-state index contributed by atoms with van der Waals surface area (Å²) in [5, 5.41) is 12.4. The molecule has 0 radical (unpaired) electrons. The van der Waals surface area contributed by atoms with E-state index in [9.17, 15) is 14.7 Å². The number of carbonyl (C=O) groups is 2. The number of carboxylic acids is 1. The molecule has 0 unspecified atom stereocenters.